The lowest BCUT2D eigenvalue weighted by atomic mass is 10.1. The summed E-state index contributed by atoms with van der Waals surface area (Å²) in [7, 11) is -2.51. The Morgan fingerprint density at radius 3 is 2.20 bits per heavy atom. The van der Waals surface area contributed by atoms with Gasteiger partial charge in [-0.15, -0.1) is 11.8 Å². The molecule has 0 spiro atoms. The fourth-order valence-electron chi connectivity index (χ4n) is 1.57. The van der Waals surface area contributed by atoms with Gasteiger partial charge in [-0.05, 0) is 36.4 Å². The molecule has 5 nitrogen and oxygen atoms in total. The maximum absolute atomic E-state index is 12.2. The van der Waals surface area contributed by atoms with E-state index in [0.717, 1.165) is 4.90 Å². The third-order valence-electron chi connectivity index (χ3n) is 2.77. The Morgan fingerprint density at radius 1 is 1.25 bits per heavy atom. The third kappa shape index (κ3) is 4.22. The predicted molar refractivity (Wildman–Crippen MR) is 79.2 cm³/mol. The summed E-state index contributed by atoms with van der Waals surface area (Å²) >= 11 is 1.53. The molecule has 0 aliphatic heterocycles. The van der Waals surface area contributed by atoms with Crippen molar-refractivity contribution in [1.29, 1.82) is 0 Å². The Balaban J connectivity index is 3.00. The lowest BCUT2D eigenvalue weighted by molar-refractivity contribution is -0.143. The number of nitrogens with one attached hydrogen (secondary N) is 1. The normalized spacial score (nSPS) is 13.2. The number of benzene rings is 1. The van der Waals surface area contributed by atoms with Gasteiger partial charge in [-0.3, -0.25) is 4.79 Å². The number of ether oxygens (including phenoxy) is 1. The van der Waals surface area contributed by atoms with E-state index in [1.807, 2.05) is 6.26 Å². The fraction of sp³-hybridized carbons (Fsp3) is 0.462. The number of carbonyl (C=O) groups excluding carboxylic acids is 1. The Kier molecular flexibility index (Phi) is 6.04. The standard InChI is InChI=1S/C13H19NO4S2/c1-9(2)12(13(15)18-3)14-20(16,17)11-7-5-10(19-4)6-8-11/h5-9,12,14H,1-4H3/t12-/m0/s1. The number of esters is 1. The number of thioether (sulfide) groups is 1. The Bertz CT molecular complexity index is 552. The summed E-state index contributed by atoms with van der Waals surface area (Å²) in [5.41, 5.74) is 0. The maximum Gasteiger partial charge on any atom is 0.324 e. The molecule has 0 amide bonds. The van der Waals surface area contributed by atoms with Crippen LogP contribution in [0.25, 0.3) is 0 Å². The molecule has 1 aromatic carbocycles. The van der Waals surface area contributed by atoms with Crippen LogP contribution in [0.4, 0.5) is 0 Å². The molecule has 112 valence electrons. The van der Waals surface area contributed by atoms with Gasteiger partial charge in [0.25, 0.3) is 0 Å². The van der Waals surface area contributed by atoms with Gasteiger partial charge in [-0.2, -0.15) is 4.72 Å². The first-order valence-corrected chi connectivity index (χ1v) is 8.77. The number of sulfonamides is 1. The Morgan fingerprint density at radius 2 is 1.80 bits per heavy atom. The highest BCUT2D eigenvalue weighted by molar-refractivity contribution is 7.98. The van der Waals surface area contributed by atoms with Gasteiger partial charge in [0.1, 0.15) is 6.04 Å². The van der Waals surface area contributed by atoms with Crippen molar-refractivity contribution in [3.05, 3.63) is 24.3 Å². The highest BCUT2D eigenvalue weighted by Crippen LogP contribution is 2.18. The van der Waals surface area contributed by atoms with Crippen molar-refractivity contribution in [1.82, 2.24) is 4.72 Å². The van der Waals surface area contributed by atoms with Crippen LogP contribution in [0.15, 0.2) is 34.1 Å². The molecule has 0 bridgehead atoms. The molecule has 1 atom stereocenters. The van der Waals surface area contributed by atoms with Crippen LogP contribution in [-0.4, -0.2) is 33.8 Å². The molecular weight excluding hydrogens is 298 g/mol. The van der Waals surface area contributed by atoms with Gasteiger partial charge in [0, 0.05) is 4.90 Å². The molecule has 20 heavy (non-hydrogen) atoms. The first-order chi connectivity index (χ1) is 9.31. The first kappa shape index (κ1) is 17.0. The fourth-order valence-corrected chi connectivity index (χ4v) is 3.31. The monoisotopic (exact) mass is 317 g/mol. The molecule has 0 aliphatic carbocycles. The average molecular weight is 317 g/mol. The molecule has 1 rings (SSSR count). The van der Waals surface area contributed by atoms with Gasteiger partial charge in [-0.25, -0.2) is 8.42 Å². The zero-order valence-electron chi connectivity index (χ0n) is 11.9. The predicted octanol–water partition coefficient (Wildman–Crippen LogP) is 1.88. The van der Waals surface area contributed by atoms with Gasteiger partial charge >= 0.3 is 5.97 Å². The molecule has 0 saturated heterocycles. The van der Waals surface area contributed by atoms with Crippen molar-refractivity contribution >= 4 is 27.8 Å². The van der Waals surface area contributed by atoms with Crippen LogP contribution in [0.5, 0.6) is 0 Å². The van der Waals surface area contributed by atoms with Crippen molar-refractivity contribution in [2.75, 3.05) is 13.4 Å². The highest BCUT2D eigenvalue weighted by atomic mass is 32.2. The summed E-state index contributed by atoms with van der Waals surface area (Å²) in [4.78, 5) is 12.7. The summed E-state index contributed by atoms with van der Waals surface area (Å²) < 4.78 is 31.5. The molecule has 7 heteroatoms. The molecule has 1 aromatic rings. The first-order valence-electron chi connectivity index (χ1n) is 6.06. The van der Waals surface area contributed by atoms with Crippen LogP contribution in [-0.2, 0) is 19.6 Å². The zero-order valence-corrected chi connectivity index (χ0v) is 13.5. The van der Waals surface area contributed by atoms with E-state index in [4.69, 9.17) is 0 Å². The van der Waals surface area contributed by atoms with Gasteiger partial charge in [0.05, 0.1) is 12.0 Å². The second-order valence-corrected chi connectivity index (χ2v) is 7.14. The van der Waals surface area contributed by atoms with Crippen LogP contribution < -0.4 is 4.72 Å². The molecule has 0 heterocycles. The second kappa shape index (κ2) is 7.10. The molecule has 0 saturated carbocycles. The van der Waals surface area contributed by atoms with Gasteiger partial charge in [-0.1, -0.05) is 13.8 Å². The lowest BCUT2D eigenvalue weighted by Crippen LogP contribution is -2.44. The highest BCUT2D eigenvalue weighted by Gasteiger charge is 2.28. The minimum atomic E-state index is -3.74. The summed E-state index contributed by atoms with van der Waals surface area (Å²) in [5.74, 6) is -0.799. The quantitative estimate of drug-likeness (QED) is 0.641. The van der Waals surface area contributed by atoms with Crippen LogP contribution in [0.3, 0.4) is 0 Å². The van der Waals surface area contributed by atoms with E-state index >= 15 is 0 Å². The van der Waals surface area contributed by atoms with Crippen molar-refractivity contribution < 1.29 is 17.9 Å². The molecular formula is C13H19NO4S2. The maximum atomic E-state index is 12.2. The molecule has 0 unspecified atom stereocenters. The van der Waals surface area contributed by atoms with Gasteiger partial charge < -0.3 is 4.74 Å². The van der Waals surface area contributed by atoms with Crippen molar-refractivity contribution in [3.8, 4) is 0 Å². The number of rotatable bonds is 6. The van der Waals surface area contributed by atoms with Crippen LogP contribution >= 0.6 is 11.8 Å². The van der Waals surface area contributed by atoms with E-state index in [-0.39, 0.29) is 10.8 Å². The number of hydrogen-bond donors (Lipinski definition) is 1. The SMILES string of the molecule is COC(=O)[C@@H](NS(=O)(=O)c1ccc(SC)cc1)C(C)C. The van der Waals surface area contributed by atoms with Crippen molar-refractivity contribution in [2.24, 2.45) is 5.92 Å². The summed E-state index contributed by atoms with van der Waals surface area (Å²) in [6.45, 7) is 3.50. The largest absolute Gasteiger partial charge is 0.468 e. The summed E-state index contributed by atoms with van der Waals surface area (Å²) in [5, 5.41) is 0. The van der Waals surface area contributed by atoms with E-state index in [2.05, 4.69) is 9.46 Å². The topological polar surface area (TPSA) is 72.5 Å². The van der Waals surface area contributed by atoms with Gasteiger partial charge in [0.15, 0.2) is 0 Å². The van der Waals surface area contributed by atoms with Crippen molar-refractivity contribution in [3.63, 3.8) is 0 Å². The Hall–Kier alpha value is -1.05. The molecule has 0 fully saturated rings. The number of hydrogen-bond acceptors (Lipinski definition) is 5. The van der Waals surface area contributed by atoms with E-state index in [0.29, 0.717) is 0 Å². The lowest BCUT2D eigenvalue weighted by Gasteiger charge is -2.19. The number of methoxy groups -OCH3 is 1. The van der Waals surface area contributed by atoms with E-state index in [1.165, 1.54) is 31.0 Å². The van der Waals surface area contributed by atoms with Crippen LogP contribution in [0, 0.1) is 5.92 Å². The summed E-state index contributed by atoms with van der Waals surface area (Å²) in [6, 6.07) is 5.58. The van der Waals surface area contributed by atoms with Crippen LogP contribution in [0.1, 0.15) is 13.8 Å². The molecule has 0 aliphatic rings. The van der Waals surface area contributed by atoms with E-state index < -0.39 is 22.0 Å². The van der Waals surface area contributed by atoms with Crippen LogP contribution in [0.2, 0.25) is 0 Å². The number of carbonyl (C=O) groups is 1. The van der Waals surface area contributed by atoms with E-state index in [1.54, 1.807) is 26.0 Å². The molecule has 0 radical (unpaired) electrons. The smallest absolute Gasteiger partial charge is 0.324 e. The average Bonchev–Trinajstić information content (AvgIpc) is 2.43. The minimum Gasteiger partial charge on any atom is -0.468 e. The zero-order chi connectivity index (χ0) is 15.3. The minimum absolute atomic E-state index is 0.129. The molecule has 0 aromatic heterocycles. The van der Waals surface area contributed by atoms with E-state index in [9.17, 15) is 13.2 Å². The third-order valence-corrected chi connectivity index (χ3v) is 4.97. The molecule has 1 N–H and O–H groups in total. The van der Waals surface area contributed by atoms with Crippen molar-refractivity contribution in [2.45, 2.75) is 29.7 Å². The Labute approximate surface area is 124 Å². The second-order valence-electron chi connectivity index (χ2n) is 4.54. The van der Waals surface area contributed by atoms with Gasteiger partial charge in [0.2, 0.25) is 10.0 Å². The summed E-state index contributed by atoms with van der Waals surface area (Å²) in [6.07, 6.45) is 1.91.